The third-order valence-electron chi connectivity index (χ3n) is 3.90. The summed E-state index contributed by atoms with van der Waals surface area (Å²) in [5.41, 5.74) is 6.10. The van der Waals surface area contributed by atoms with Crippen LogP contribution in [0.2, 0.25) is 0 Å². The molecule has 0 bridgehead atoms. The number of nitrogens with two attached hydrogens (primary N) is 1. The number of rotatable bonds is 3. The van der Waals surface area contributed by atoms with E-state index < -0.39 is 0 Å². The summed E-state index contributed by atoms with van der Waals surface area (Å²) in [6, 6.07) is 1.02. The number of piperidine rings is 1. The van der Waals surface area contributed by atoms with Crippen LogP contribution in [0.15, 0.2) is 0 Å². The number of hydrogen-bond acceptors (Lipinski definition) is 3. The number of likely N-dealkylation sites (tertiary alicyclic amines) is 1. The predicted molar refractivity (Wildman–Crippen MR) is 70.4 cm³/mol. The molecule has 0 spiro atoms. The largest absolute Gasteiger partial charge is 0.327 e. The molecule has 0 radical (unpaired) electrons. The zero-order chi connectivity index (χ0) is 11.6. The molecule has 3 atom stereocenters. The second-order valence-corrected chi connectivity index (χ2v) is 7.00. The molecular formula is C12H26N2S. The summed E-state index contributed by atoms with van der Waals surface area (Å²) < 4.78 is 0.357. The average molecular weight is 230 g/mol. The van der Waals surface area contributed by atoms with Crippen LogP contribution in [0.4, 0.5) is 0 Å². The standard InChI is InChI=1S/C12H26N2S/c1-9-10(2)14(7-6-11(9)13)8-12(3,4)15-5/h9-11H,6-8,13H2,1-5H3. The van der Waals surface area contributed by atoms with Crippen LogP contribution in [0.1, 0.15) is 34.1 Å². The quantitative estimate of drug-likeness (QED) is 0.806. The Hall–Kier alpha value is 0.270. The Morgan fingerprint density at radius 1 is 1.40 bits per heavy atom. The van der Waals surface area contributed by atoms with Crippen molar-refractivity contribution >= 4 is 11.8 Å². The Balaban J connectivity index is 2.56. The molecule has 0 aliphatic carbocycles. The third kappa shape index (κ3) is 3.36. The Bertz CT molecular complexity index is 206. The van der Waals surface area contributed by atoms with Gasteiger partial charge in [-0.05, 0) is 45.9 Å². The molecular weight excluding hydrogens is 204 g/mol. The maximum absolute atomic E-state index is 6.10. The molecule has 1 heterocycles. The lowest BCUT2D eigenvalue weighted by Crippen LogP contribution is -2.54. The van der Waals surface area contributed by atoms with Crippen LogP contribution < -0.4 is 5.73 Å². The zero-order valence-corrected chi connectivity index (χ0v) is 11.6. The van der Waals surface area contributed by atoms with Gasteiger partial charge in [0.05, 0.1) is 0 Å². The Labute approximate surface area is 99.0 Å². The Kier molecular flexibility index (Phi) is 4.50. The van der Waals surface area contributed by atoms with E-state index in [4.69, 9.17) is 5.73 Å². The van der Waals surface area contributed by atoms with Gasteiger partial charge in [-0.1, -0.05) is 6.92 Å². The SMILES string of the molecule is CSC(C)(C)CN1CCC(N)C(C)C1C. The van der Waals surface area contributed by atoms with Crippen LogP contribution >= 0.6 is 11.8 Å². The van der Waals surface area contributed by atoms with Gasteiger partial charge in [0, 0.05) is 23.4 Å². The average Bonchev–Trinajstić information content (AvgIpc) is 2.19. The monoisotopic (exact) mass is 230 g/mol. The van der Waals surface area contributed by atoms with E-state index in [2.05, 4.69) is 38.9 Å². The molecule has 0 aromatic carbocycles. The van der Waals surface area contributed by atoms with Crippen LogP contribution in [0.5, 0.6) is 0 Å². The van der Waals surface area contributed by atoms with E-state index in [0.29, 0.717) is 22.7 Å². The third-order valence-corrected chi connectivity index (χ3v) is 5.13. The summed E-state index contributed by atoms with van der Waals surface area (Å²) in [6.45, 7) is 11.6. The molecule has 0 aromatic rings. The van der Waals surface area contributed by atoms with Crippen LogP contribution in [-0.4, -0.2) is 41.1 Å². The van der Waals surface area contributed by atoms with Crippen LogP contribution in [0.25, 0.3) is 0 Å². The van der Waals surface area contributed by atoms with Gasteiger partial charge in [0.2, 0.25) is 0 Å². The van der Waals surface area contributed by atoms with Crippen molar-refractivity contribution < 1.29 is 0 Å². The van der Waals surface area contributed by atoms with E-state index in [1.807, 2.05) is 11.8 Å². The highest BCUT2D eigenvalue weighted by Crippen LogP contribution is 2.28. The van der Waals surface area contributed by atoms with Gasteiger partial charge in [0.1, 0.15) is 0 Å². The van der Waals surface area contributed by atoms with Gasteiger partial charge >= 0.3 is 0 Å². The molecule has 1 saturated heterocycles. The van der Waals surface area contributed by atoms with E-state index in [0.717, 1.165) is 13.0 Å². The first kappa shape index (κ1) is 13.3. The molecule has 1 aliphatic heterocycles. The second-order valence-electron chi connectivity index (χ2n) is 5.49. The molecule has 3 heteroatoms. The van der Waals surface area contributed by atoms with Crippen molar-refractivity contribution in [3.63, 3.8) is 0 Å². The summed E-state index contributed by atoms with van der Waals surface area (Å²) >= 11 is 1.95. The fourth-order valence-corrected chi connectivity index (χ4v) is 2.54. The summed E-state index contributed by atoms with van der Waals surface area (Å²) in [6.07, 6.45) is 3.35. The van der Waals surface area contributed by atoms with Crippen molar-refractivity contribution in [1.82, 2.24) is 4.90 Å². The summed E-state index contributed by atoms with van der Waals surface area (Å²) in [4.78, 5) is 2.60. The lowest BCUT2D eigenvalue weighted by atomic mass is 9.87. The lowest BCUT2D eigenvalue weighted by molar-refractivity contribution is 0.0912. The van der Waals surface area contributed by atoms with Gasteiger partial charge in [0.25, 0.3) is 0 Å². The van der Waals surface area contributed by atoms with E-state index >= 15 is 0 Å². The molecule has 0 saturated carbocycles. The van der Waals surface area contributed by atoms with Crippen LogP contribution in [0.3, 0.4) is 0 Å². The van der Waals surface area contributed by atoms with Crippen molar-refractivity contribution in [2.75, 3.05) is 19.3 Å². The molecule has 1 aliphatic rings. The predicted octanol–water partition coefficient (Wildman–Crippen LogP) is 2.19. The number of thioether (sulfide) groups is 1. The molecule has 0 amide bonds. The van der Waals surface area contributed by atoms with Crippen LogP contribution in [-0.2, 0) is 0 Å². The molecule has 2 nitrogen and oxygen atoms in total. The van der Waals surface area contributed by atoms with Gasteiger partial charge in [-0.15, -0.1) is 0 Å². The topological polar surface area (TPSA) is 29.3 Å². The van der Waals surface area contributed by atoms with E-state index in [1.54, 1.807) is 0 Å². The maximum atomic E-state index is 6.10. The number of nitrogens with zero attached hydrogens (tertiary/aromatic N) is 1. The highest BCUT2D eigenvalue weighted by Gasteiger charge is 2.32. The normalized spacial score (nSPS) is 34.4. The van der Waals surface area contributed by atoms with Gasteiger partial charge in [-0.3, -0.25) is 4.90 Å². The highest BCUT2D eigenvalue weighted by molar-refractivity contribution is 7.99. The number of hydrogen-bond donors (Lipinski definition) is 1. The lowest BCUT2D eigenvalue weighted by Gasteiger charge is -2.44. The van der Waals surface area contributed by atoms with Gasteiger partial charge < -0.3 is 5.73 Å². The van der Waals surface area contributed by atoms with Gasteiger partial charge in [-0.25, -0.2) is 0 Å². The summed E-state index contributed by atoms with van der Waals surface area (Å²) in [5, 5.41) is 0. The molecule has 1 rings (SSSR count). The van der Waals surface area contributed by atoms with Gasteiger partial charge in [-0.2, -0.15) is 11.8 Å². The first-order valence-corrected chi connectivity index (χ1v) is 7.14. The first-order chi connectivity index (χ1) is 6.87. The van der Waals surface area contributed by atoms with Gasteiger partial charge in [0.15, 0.2) is 0 Å². The minimum absolute atomic E-state index is 0.357. The van der Waals surface area contributed by atoms with Crippen molar-refractivity contribution in [2.24, 2.45) is 11.7 Å². The Morgan fingerprint density at radius 2 is 2.00 bits per heavy atom. The first-order valence-electron chi connectivity index (χ1n) is 5.92. The molecule has 90 valence electrons. The Morgan fingerprint density at radius 3 is 2.53 bits per heavy atom. The molecule has 15 heavy (non-hydrogen) atoms. The zero-order valence-electron chi connectivity index (χ0n) is 10.8. The highest BCUT2D eigenvalue weighted by atomic mass is 32.2. The van der Waals surface area contributed by atoms with Crippen molar-refractivity contribution in [2.45, 2.75) is 50.9 Å². The molecule has 0 aromatic heterocycles. The van der Waals surface area contributed by atoms with E-state index in [9.17, 15) is 0 Å². The molecule has 2 N–H and O–H groups in total. The molecule has 1 fully saturated rings. The molecule has 3 unspecified atom stereocenters. The summed E-state index contributed by atoms with van der Waals surface area (Å²) in [7, 11) is 0. The fourth-order valence-electron chi connectivity index (χ4n) is 2.25. The summed E-state index contributed by atoms with van der Waals surface area (Å²) in [5.74, 6) is 0.622. The van der Waals surface area contributed by atoms with Crippen molar-refractivity contribution in [3.8, 4) is 0 Å². The van der Waals surface area contributed by atoms with E-state index in [-0.39, 0.29) is 0 Å². The minimum atomic E-state index is 0.357. The second kappa shape index (κ2) is 5.07. The maximum Gasteiger partial charge on any atom is 0.0228 e. The van der Waals surface area contributed by atoms with Crippen LogP contribution in [0, 0.1) is 5.92 Å². The smallest absolute Gasteiger partial charge is 0.0228 e. The van der Waals surface area contributed by atoms with Crippen molar-refractivity contribution in [1.29, 1.82) is 0 Å². The van der Waals surface area contributed by atoms with Crippen molar-refractivity contribution in [3.05, 3.63) is 0 Å². The fraction of sp³-hybridized carbons (Fsp3) is 1.00. The minimum Gasteiger partial charge on any atom is -0.327 e. The van der Waals surface area contributed by atoms with E-state index in [1.165, 1.54) is 6.54 Å².